The lowest BCUT2D eigenvalue weighted by Crippen LogP contribution is -2.56. The average Bonchev–Trinajstić information content (AvgIpc) is 2.30. The van der Waals surface area contributed by atoms with Crippen molar-refractivity contribution in [3.63, 3.8) is 0 Å². The zero-order valence-corrected chi connectivity index (χ0v) is 13.2. The van der Waals surface area contributed by atoms with Crippen LogP contribution in [0, 0.1) is 17.2 Å². The number of hydrogen-bond acceptors (Lipinski definition) is 4. The van der Waals surface area contributed by atoms with E-state index in [9.17, 15) is 5.26 Å². The summed E-state index contributed by atoms with van der Waals surface area (Å²) in [6.07, 6.45) is 0. The summed E-state index contributed by atoms with van der Waals surface area (Å²) in [5, 5.41) is 12.8. The Morgan fingerprint density at radius 2 is 1.63 bits per heavy atom. The van der Waals surface area contributed by atoms with Crippen LogP contribution < -0.4 is 5.32 Å². The molecule has 0 aromatic rings. The Bertz CT molecular complexity index is 300. The normalized spacial score (nSPS) is 21.6. The Morgan fingerprint density at radius 3 is 2.05 bits per heavy atom. The van der Waals surface area contributed by atoms with Gasteiger partial charge in [0.1, 0.15) is 5.54 Å². The van der Waals surface area contributed by atoms with E-state index in [0.29, 0.717) is 6.04 Å². The fraction of sp³-hybridized carbons (Fsp3) is 0.933. The fourth-order valence-corrected chi connectivity index (χ4v) is 2.84. The highest BCUT2D eigenvalue weighted by molar-refractivity contribution is 5.06. The van der Waals surface area contributed by atoms with Crippen molar-refractivity contribution in [2.24, 2.45) is 5.92 Å². The van der Waals surface area contributed by atoms with Crippen LogP contribution in [0.25, 0.3) is 0 Å². The molecule has 0 aromatic carbocycles. The number of rotatable bonds is 6. The minimum atomic E-state index is -0.436. The van der Waals surface area contributed by atoms with Crippen molar-refractivity contribution in [2.75, 3.05) is 39.3 Å². The molecule has 0 spiro atoms. The van der Waals surface area contributed by atoms with Crippen molar-refractivity contribution in [1.82, 2.24) is 15.1 Å². The molecule has 1 fully saturated rings. The molecule has 1 aliphatic rings. The predicted octanol–water partition coefficient (Wildman–Crippen LogP) is 1.54. The number of nitriles is 1. The highest BCUT2D eigenvalue weighted by Crippen LogP contribution is 2.11. The Hall–Kier alpha value is -0.630. The summed E-state index contributed by atoms with van der Waals surface area (Å²) in [6, 6.07) is 2.77. The van der Waals surface area contributed by atoms with Crippen LogP contribution in [0.15, 0.2) is 0 Å². The van der Waals surface area contributed by atoms with Gasteiger partial charge in [0.05, 0.1) is 6.07 Å². The molecule has 1 heterocycles. The third kappa shape index (κ3) is 5.90. The topological polar surface area (TPSA) is 42.3 Å². The zero-order chi connectivity index (χ0) is 14.5. The summed E-state index contributed by atoms with van der Waals surface area (Å²) < 4.78 is 0. The molecule has 0 bridgehead atoms. The lowest BCUT2D eigenvalue weighted by atomic mass is 10.0. The van der Waals surface area contributed by atoms with Gasteiger partial charge in [0, 0.05) is 45.3 Å². The highest BCUT2D eigenvalue weighted by Gasteiger charge is 2.29. The van der Waals surface area contributed by atoms with Gasteiger partial charge >= 0.3 is 0 Å². The predicted molar refractivity (Wildman–Crippen MR) is 80.0 cm³/mol. The molecule has 1 atom stereocenters. The number of piperazine rings is 1. The van der Waals surface area contributed by atoms with Gasteiger partial charge < -0.3 is 4.90 Å². The van der Waals surface area contributed by atoms with E-state index in [4.69, 9.17) is 0 Å². The van der Waals surface area contributed by atoms with Crippen LogP contribution in [0.3, 0.4) is 0 Å². The Morgan fingerprint density at radius 1 is 1.11 bits per heavy atom. The van der Waals surface area contributed by atoms with E-state index in [-0.39, 0.29) is 0 Å². The van der Waals surface area contributed by atoms with Gasteiger partial charge in [0.15, 0.2) is 0 Å². The molecule has 19 heavy (non-hydrogen) atoms. The summed E-state index contributed by atoms with van der Waals surface area (Å²) in [7, 11) is 0. The molecule has 110 valence electrons. The first kappa shape index (κ1) is 16.4. The van der Waals surface area contributed by atoms with Crippen LogP contribution in [0.4, 0.5) is 0 Å². The van der Waals surface area contributed by atoms with Gasteiger partial charge in [0.2, 0.25) is 0 Å². The molecule has 0 aliphatic carbocycles. The second-order valence-electron chi connectivity index (χ2n) is 6.71. The summed E-state index contributed by atoms with van der Waals surface area (Å²) >= 11 is 0. The monoisotopic (exact) mass is 266 g/mol. The summed E-state index contributed by atoms with van der Waals surface area (Å²) in [6.45, 7) is 17.1. The van der Waals surface area contributed by atoms with Crippen molar-refractivity contribution in [3.8, 4) is 6.07 Å². The van der Waals surface area contributed by atoms with Gasteiger partial charge in [-0.05, 0) is 26.7 Å². The lowest BCUT2D eigenvalue weighted by molar-refractivity contribution is 0.105. The maximum absolute atomic E-state index is 9.39. The maximum atomic E-state index is 9.39. The van der Waals surface area contributed by atoms with E-state index in [1.54, 1.807) is 0 Å². The van der Waals surface area contributed by atoms with Gasteiger partial charge in [-0.15, -0.1) is 0 Å². The number of nitrogens with one attached hydrogen (secondary N) is 1. The quantitative estimate of drug-likeness (QED) is 0.792. The van der Waals surface area contributed by atoms with E-state index in [0.717, 1.165) is 38.6 Å². The minimum absolute atomic E-state index is 0.340. The van der Waals surface area contributed by atoms with Crippen LogP contribution in [-0.2, 0) is 0 Å². The van der Waals surface area contributed by atoms with Crippen molar-refractivity contribution in [1.29, 1.82) is 5.26 Å². The molecule has 1 rings (SSSR count). The van der Waals surface area contributed by atoms with E-state index in [1.807, 2.05) is 6.92 Å². The molecule has 1 N–H and O–H groups in total. The molecular weight excluding hydrogens is 236 g/mol. The van der Waals surface area contributed by atoms with Crippen molar-refractivity contribution in [3.05, 3.63) is 0 Å². The first-order valence-corrected chi connectivity index (χ1v) is 7.48. The Labute approximate surface area is 118 Å². The van der Waals surface area contributed by atoms with Crippen LogP contribution >= 0.6 is 0 Å². The van der Waals surface area contributed by atoms with E-state index in [1.165, 1.54) is 6.54 Å². The first-order valence-electron chi connectivity index (χ1n) is 7.48. The largest absolute Gasteiger partial charge is 0.301 e. The van der Waals surface area contributed by atoms with E-state index >= 15 is 0 Å². The SMILES string of the molecule is CC(C)CN1CCN(CC(C)(C#N)NC(C)C)CC1. The van der Waals surface area contributed by atoms with E-state index in [2.05, 4.69) is 48.9 Å². The average molecular weight is 266 g/mol. The second-order valence-corrected chi connectivity index (χ2v) is 6.71. The van der Waals surface area contributed by atoms with Gasteiger partial charge in [0.25, 0.3) is 0 Å². The maximum Gasteiger partial charge on any atom is 0.116 e. The molecule has 1 saturated heterocycles. The standard InChI is InChI=1S/C15H30N4/c1-13(2)10-18-6-8-19(9-7-18)12-15(5,11-16)17-14(3)4/h13-14,17H,6-10,12H2,1-5H3. The Balaban J connectivity index is 2.41. The molecule has 1 unspecified atom stereocenters. The molecule has 0 amide bonds. The molecule has 4 heteroatoms. The molecule has 0 aromatic heterocycles. The van der Waals surface area contributed by atoms with Crippen LogP contribution in [0.5, 0.6) is 0 Å². The Kier molecular flexibility index (Phi) is 6.25. The summed E-state index contributed by atoms with van der Waals surface area (Å²) in [5.74, 6) is 0.735. The zero-order valence-electron chi connectivity index (χ0n) is 13.2. The van der Waals surface area contributed by atoms with Crippen LogP contribution in [0.1, 0.15) is 34.6 Å². The van der Waals surface area contributed by atoms with Gasteiger partial charge in [-0.2, -0.15) is 5.26 Å². The number of hydrogen-bond donors (Lipinski definition) is 1. The third-order valence-corrected chi connectivity index (χ3v) is 3.48. The molecule has 0 radical (unpaired) electrons. The summed E-state index contributed by atoms with van der Waals surface area (Å²) in [4.78, 5) is 4.94. The number of nitrogens with zero attached hydrogens (tertiary/aromatic N) is 3. The molecule has 1 aliphatic heterocycles. The smallest absolute Gasteiger partial charge is 0.116 e. The summed E-state index contributed by atoms with van der Waals surface area (Å²) in [5.41, 5.74) is -0.436. The minimum Gasteiger partial charge on any atom is -0.301 e. The van der Waals surface area contributed by atoms with Gasteiger partial charge in [-0.1, -0.05) is 13.8 Å². The fourth-order valence-electron chi connectivity index (χ4n) is 2.84. The van der Waals surface area contributed by atoms with Crippen molar-refractivity contribution >= 4 is 0 Å². The highest BCUT2D eigenvalue weighted by atomic mass is 15.3. The first-order chi connectivity index (χ1) is 8.84. The molecular formula is C15H30N4. The molecule has 0 saturated carbocycles. The second kappa shape index (κ2) is 7.23. The van der Waals surface area contributed by atoms with Gasteiger partial charge in [-0.3, -0.25) is 10.2 Å². The van der Waals surface area contributed by atoms with Crippen molar-refractivity contribution in [2.45, 2.75) is 46.2 Å². The third-order valence-electron chi connectivity index (χ3n) is 3.48. The van der Waals surface area contributed by atoms with Crippen LogP contribution in [-0.4, -0.2) is 60.6 Å². The van der Waals surface area contributed by atoms with Crippen LogP contribution in [0.2, 0.25) is 0 Å². The van der Waals surface area contributed by atoms with Gasteiger partial charge in [-0.25, -0.2) is 0 Å². The molecule has 4 nitrogen and oxygen atoms in total. The van der Waals surface area contributed by atoms with E-state index < -0.39 is 5.54 Å². The lowest BCUT2D eigenvalue weighted by Gasteiger charge is -2.39. The van der Waals surface area contributed by atoms with Crippen molar-refractivity contribution < 1.29 is 0 Å².